The summed E-state index contributed by atoms with van der Waals surface area (Å²) in [5.41, 5.74) is -0.231. The minimum absolute atomic E-state index is 0.0290. The first-order valence-corrected chi connectivity index (χ1v) is 8.19. The van der Waals surface area contributed by atoms with Gasteiger partial charge in [-0.2, -0.15) is 0 Å². The van der Waals surface area contributed by atoms with E-state index < -0.39 is 23.4 Å². The Kier molecular flexibility index (Phi) is 7.11. The number of benzene rings is 1. The maximum atomic E-state index is 12.3. The van der Waals surface area contributed by atoms with Crippen LogP contribution in [0, 0.1) is 0 Å². The molecular weight excluding hydrogens is 342 g/mol. The van der Waals surface area contributed by atoms with Crippen molar-refractivity contribution < 1.29 is 33.3 Å². The van der Waals surface area contributed by atoms with Crippen LogP contribution in [0.5, 0.6) is 0 Å². The van der Waals surface area contributed by atoms with E-state index in [1.165, 1.54) is 14.2 Å². The van der Waals surface area contributed by atoms with Crippen molar-refractivity contribution in [2.24, 2.45) is 0 Å². The second-order valence-corrected chi connectivity index (χ2v) is 5.91. The predicted molar refractivity (Wildman–Crippen MR) is 90.0 cm³/mol. The molecule has 8 heteroatoms. The molecule has 0 saturated carbocycles. The first kappa shape index (κ1) is 19.9. The molecule has 0 spiro atoms. The molecule has 0 radical (unpaired) electrons. The third-order valence-electron chi connectivity index (χ3n) is 4.23. The van der Waals surface area contributed by atoms with E-state index in [2.05, 4.69) is 4.74 Å². The molecule has 142 valence electrons. The Hall–Kier alpha value is -2.45. The Labute approximate surface area is 152 Å². The number of rotatable bonds is 9. The lowest BCUT2D eigenvalue weighted by molar-refractivity contribution is -0.193. The van der Waals surface area contributed by atoms with E-state index in [9.17, 15) is 14.4 Å². The van der Waals surface area contributed by atoms with Crippen molar-refractivity contribution in [3.63, 3.8) is 0 Å². The van der Waals surface area contributed by atoms with Gasteiger partial charge in [0.2, 0.25) is 0 Å². The van der Waals surface area contributed by atoms with Crippen molar-refractivity contribution in [3.05, 3.63) is 35.9 Å². The molecule has 0 amide bonds. The lowest BCUT2D eigenvalue weighted by Gasteiger charge is -2.46. The zero-order valence-corrected chi connectivity index (χ0v) is 14.9. The number of esters is 3. The van der Waals surface area contributed by atoms with Gasteiger partial charge in [0.25, 0.3) is 0 Å². The Morgan fingerprint density at radius 1 is 1.08 bits per heavy atom. The molecule has 26 heavy (non-hydrogen) atoms. The van der Waals surface area contributed by atoms with Gasteiger partial charge in [-0.25, -0.2) is 4.79 Å². The van der Waals surface area contributed by atoms with Gasteiger partial charge in [0.15, 0.2) is 5.54 Å². The fourth-order valence-electron chi connectivity index (χ4n) is 2.63. The van der Waals surface area contributed by atoms with Crippen LogP contribution in [-0.2, 0) is 39.9 Å². The van der Waals surface area contributed by atoms with Gasteiger partial charge in [-0.15, -0.1) is 0 Å². The molecule has 1 aromatic carbocycles. The number of hydrogen-bond acceptors (Lipinski definition) is 8. The largest absolute Gasteiger partial charge is 0.469 e. The SMILES string of the molecule is COC(=O)CCN(CC(=O)OCc1ccccc1)C1(C(=O)OC)COC1. The molecule has 8 nitrogen and oxygen atoms in total. The van der Waals surface area contributed by atoms with Gasteiger partial charge in [-0.3, -0.25) is 14.5 Å². The monoisotopic (exact) mass is 365 g/mol. The molecule has 1 aliphatic heterocycles. The molecular formula is C18H23NO7. The summed E-state index contributed by atoms with van der Waals surface area (Å²) < 4.78 is 19.9. The van der Waals surface area contributed by atoms with Gasteiger partial charge in [-0.05, 0) is 5.56 Å². The highest BCUT2D eigenvalue weighted by Crippen LogP contribution is 2.27. The highest BCUT2D eigenvalue weighted by molar-refractivity contribution is 5.83. The van der Waals surface area contributed by atoms with Crippen molar-refractivity contribution in [2.75, 3.05) is 40.5 Å². The molecule has 0 bridgehead atoms. The summed E-state index contributed by atoms with van der Waals surface area (Å²) in [6.07, 6.45) is 0.0290. The Balaban J connectivity index is 2.01. The summed E-state index contributed by atoms with van der Waals surface area (Å²) in [5.74, 6) is -1.45. The summed E-state index contributed by atoms with van der Waals surface area (Å²) in [6, 6.07) is 9.26. The zero-order valence-electron chi connectivity index (χ0n) is 14.9. The molecule has 1 saturated heterocycles. The van der Waals surface area contributed by atoms with Gasteiger partial charge in [0, 0.05) is 6.54 Å². The minimum Gasteiger partial charge on any atom is -0.469 e. The average Bonchev–Trinajstić information content (AvgIpc) is 2.63. The molecule has 1 aromatic rings. The third kappa shape index (κ3) is 4.80. The van der Waals surface area contributed by atoms with Gasteiger partial charge in [0.05, 0.1) is 40.4 Å². The molecule has 0 aromatic heterocycles. The summed E-state index contributed by atoms with van der Waals surface area (Å²) in [4.78, 5) is 37.5. The molecule has 1 aliphatic rings. The fraction of sp³-hybridized carbons (Fsp3) is 0.500. The van der Waals surface area contributed by atoms with E-state index in [4.69, 9.17) is 14.2 Å². The van der Waals surface area contributed by atoms with Gasteiger partial charge >= 0.3 is 17.9 Å². The standard InChI is InChI=1S/C18H23NO7/c1-23-15(20)8-9-19(18(12-25-13-18)17(22)24-2)10-16(21)26-11-14-6-4-3-5-7-14/h3-7H,8-13H2,1-2H3. The maximum absolute atomic E-state index is 12.3. The van der Waals surface area contributed by atoms with Crippen LogP contribution in [0.15, 0.2) is 30.3 Å². The lowest BCUT2D eigenvalue weighted by Crippen LogP contribution is -2.68. The first-order chi connectivity index (χ1) is 12.5. The number of carbonyl (C=O) groups is 3. The number of ether oxygens (including phenoxy) is 4. The van der Waals surface area contributed by atoms with Crippen molar-refractivity contribution in [2.45, 2.75) is 18.6 Å². The second-order valence-electron chi connectivity index (χ2n) is 5.91. The average molecular weight is 365 g/mol. The van der Waals surface area contributed by atoms with E-state index in [-0.39, 0.29) is 39.3 Å². The maximum Gasteiger partial charge on any atom is 0.331 e. The van der Waals surface area contributed by atoms with Crippen LogP contribution in [0.1, 0.15) is 12.0 Å². The van der Waals surface area contributed by atoms with Gasteiger partial charge < -0.3 is 18.9 Å². The molecule has 2 rings (SSSR count). The van der Waals surface area contributed by atoms with E-state index in [1.807, 2.05) is 30.3 Å². The minimum atomic E-state index is -1.09. The Morgan fingerprint density at radius 2 is 1.77 bits per heavy atom. The highest BCUT2D eigenvalue weighted by atomic mass is 16.6. The normalized spacial score (nSPS) is 15.0. The second kappa shape index (κ2) is 9.30. The molecule has 0 unspecified atom stereocenters. The smallest absolute Gasteiger partial charge is 0.331 e. The van der Waals surface area contributed by atoms with E-state index in [0.717, 1.165) is 5.56 Å². The van der Waals surface area contributed by atoms with E-state index in [0.29, 0.717) is 0 Å². The van der Waals surface area contributed by atoms with Crippen LogP contribution >= 0.6 is 0 Å². The number of nitrogens with zero attached hydrogens (tertiary/aromatic N) is 1. The Morgan fingerprint density at radius 3 is 2.31 bits per heavy atom. The third-order valence-corrected chi connectivity index (χ3v) is 4.23. The van der Waals surface area contributed by atoms with E-state index >= 15 is 0 Å². The van der Waals surface area contributed by atoms with Crippen molar-refractivity contribution in [3.8, 4) is 0 Å². The molecule has 1 fully saturated rings. The quantitative estimate of drug-likeness (QED) is 0.462. The molecule has 0 aliphatic carbocycles. The van der Waals surface area contributed by atoms with Crippen LogP contribution in [0.2, 0.25) is 0 Å². The van der Waals surface area contributed by atoms with Crippen LogP contribution < -0.4 is 0 Å². The van der Waals surface area contributed by atoms with Crippen LogP contribution in [0.3, 0.4) is 0 Å². The first-order valence-electron chi connectivity index (χ1n) is 8.19. The van der Waals surface area contributed by atoms with Crippen molar-refractivity contribution in [1.29, 1.82) is 0 Å². The summed E-state index contributed by atoms with van der Waals surface area (Å²) in [7, 11) is 2.55. The number of methoxy groups -OCH3 is 2. The molecule has 1 heterocycles. The predicted octanol–water partition coefficient (Wildman–Crippen LogP) is 0.537. The van der Waals surface area contributed by atoms with Crippen LogP contribution in [0.4, 0.5) is 0 Å². The fourth-order valence-corrected chi connectivity index (χ4v) is 2.63. The highest BCUT2D eigenvalue weighted by Gasteiger charge is 2.52. The van der Waals surface area contributed by atoms with Crippen LogP contribution in [-0.4, -0.2) is 68.9 Å². The van der Waals surface area contributed by atoms with Gasteiger partial charge in [0.1, 0.15) is 6.61 Å². The number of carbonyl (C=O) groups excluding carboxylic acids is 3. The lowest BCUT2D eigenvalue weighted by atomic mass is 9.94. The van der Waals surface area contributed by atoms with Crippen molar-refractivity contribution >= 4 is 17.9 Å². The van der Waals surface area contributed by atoms with Gasteiger partial charge in [-0.1, -0.05) is 30.3 Å². The molecule has 0 N–H and O–H groups in total. The van der Waals surface area contributed by atoms with Crippen molar-refractivity contribution in [1.82, 2.24) is 4.90 Å². The Bertz CT molecular complexity index is 628. The zero-order chi connectivity index (χ0) is 19.0. The summed E-state index contributed by atoms with van der Waals surface area (Å²) in [6.45, 7) is 0.291. The summed E-state index contributed by atoms with van der Waals surface area (Å²) >= 11 is 0. The molecule has 0 atom stereocenters. The topological polar surface area (TPSA) is 91.4 Å². The van der Waals surface area contributed by atoms with Crippen LogP contribution in [0.25, 0.3) is 0 Å². The van der Waals surface area contributed by atoms with E-state index in [1.54, 1.807) is 4.90 Å². The number of hydrogen-bond donors (Lipinski definition) is 0. The summed E-state index contributed by atoms with van der Waals surface area (Å²) in [5, 5.41) is 0.